The molecule has 0 radical (unpaired) electrons. The van der Waals surface area contributed by atoms with Crippen LogP contribution < -0.4 is 10.6 Å². The molecule has 0 atom stereocenters. The van der Waals surface area contributed by atoms with Gasteiger partial charge < -0.3 is 15.4 Å². The van der Waals surface area contributed by atoms with E-state index >= 15 is 0 Å². The van der Waals surface area contributed by atoms with Gasteiger partial charge in [0.25, 0.3) is 0 Å². The summed E-state index contributed by atoms with van der Waals surface area (Å²) in [7, 11) is 3.02. The predicted octanol–water partition coefficient (Wildman–Crippen LogP) is 2.92. The number of anilines is 3. The highest BCUT2D eigenvalue weighted by atomic mass is 19.4. The van der Waals surface area contributed by atoms with Gasteiger partial charge >= 0.3 is 6.18 Å². The SMILES string of the molecule is CNc1nc(Nc2cn(C3(COC)CC3)nc2C)ncc1C(F)(F)F. The number of nitrogens with zero attached hydrogens (tertiary/aromatic N) is 4. The highest BCUT2D eigenvalue weighted by Crippen LogP contribution is 2.44. The summed E-state index contributed by atoms with van der Waals surface area (Å²) in [6.07, 6.45) is -0.00396. The van der Waals surface area contributed by atoms with E-state index in [1.54, 1.807) is 13.3 Å². The van der Waals surface area contributed by atoms with Gasteiger partial charge in [-0.25, -0.2) is 4.98 Å². The Labute approximate surface area is 142 Å². The van der Waals surface area contributed by atoms with Gasteiger partial charge in [0.15, 0.2) is 0 Å². The van der Waals surface area contributed by atoms with Crippen LogP contribution in [0.3, 0.4) is 0 Å². The molecule has 10 heteroatoms. The van der Waals surface area contributed by atoms with E-state index in [2.05, 4.69) is 25.7 Å². The van der Waals surface area contributed by atoms with Crippen molar-refractivity contribution in [3.05, 3.63) is 23.7 Å². The van der Waals surface area contributed by atoms with E-state index in [1.807, 2.05) is 11.6 Å². The van der Waals surface area contributed by atoms with E-state index in [9.17, 15) is 13.2 Å². The van der Waals surface area contributed by atoms with E-state index < -0.39 is 11.7 Å². The fourth-order valence-electron chi connectivity index (χ4n) is 2.64. The van der Waals surface area contributed by atoms with E-state index in [0.29, 0.717) is 18.0 Å². The van der Waals surface area contributed by atoms with Crippen LogP contribution in [0.2, 0.25) is 0 Å². The molecule has 0 aliphatic heterocycles. The summed E-state index contributed by atoms with van der Waals surface area (Å²) >= 11 is 0. The maximum absolute atomic E-state index is 12.9. The molecule has 0 bridgehead atoms. The van der Waals surface area contributed by atoms with Crippen LogP contribution in [0.25, 0.3) is 0 Å². The van der Waals surface area contributed by atoms with Crippen molar-refractivity contribution >= 4 is 17.5 Å². The van der Waals surface area contributed by atoms with E-state index in [0.717, 1.165) is 19.0 Å². The van der Waals surface area contributed by atoms with Crippen molar-refractivity contribution in [2.24, 2.45) is 0 Å². The maximum atomic E-state index is 12.9. The van der Waals surface area contributed by atoms with Crippen LogP contribution in [0.5, 0.6) is 0 Å². The minimum atomic E-state index is -4.52. The number of nitrogens with one attached hydrogen (secondary N) is 2. The number of aryl methyl sites for hydroxylation is 1. The monoisotopic (exact) mass is 356 g/mol. The first-order chi connectivity index (χ1) is 11.8. The maximum Gasteiger partial charge on any atom is 0.421 e. The Hall–Kier alpha value is -2.36. The zero-order valence-corrected chi connectivity index (χ0v) is 14.1. The molecule has 0 spiro atoms. The van der Waals surface area contributed by atoms with Gasteiger partial charge in [-0.2, -0.15) is 23.3 Å². The summed E-state index contributed by atoms with van der Waals surface area (Å²) in [4.78, 5) is 7.67. The van der Waals surface area contributed by atoms with Crippen molar-refractivity contribution < 1.29 is 17.9 Å². The normalized spacial score (nSPS) is 15.9. The number of aromatic nitrogens is 4. The van der Waals surface area contributed by atoms with Gasteiger partial charge in [0.2, 0.25) is 5.95 Å². The van der Waals surface area contributed by atoms with Gasteiger partial charge in [-0.15, -0.1) is 0 Å². The number of hydrogen-bond acceptors (Lipinski definition) is 6. The first-order valence-electron chi connectivity index (χ1n) is 7.74. The number of rotatable bonds is 6. The van der Waals surface area contributed by atoms with Crippen LogP contribution in [0, 0.1) is 6.92 Å². The second-order valence-electron chi connectivity index (χ2n) is 6.06. The Morgan fingerprint density at radius 1 is 1.36 bits per heavy atom. The van der Waals surface area contributed by atoms with Crippen molar-refractivity contribution in [3.63, 3.8) is 0 Å². The summed E-state index contributed by atoms with van der Waals surface area (Å²) in [5.41, 5.74) is 0.308. The molecule has 2 aromatic rings. The van der Waals surface area contributed by atoms with Crippen molar-refractivity contribution in [1.29, 1.82) is 0 Å². The second-order valence-corrected chi connectivity index (χ2v) is 6.06. The molecule has 0 saturated heterocycles. The summed E-state index contributed by atoms with van der Waals surface area (Å²) in [5, 5.41) is 9.87. The fourth-order valence-corrected chi connectivity index (χ4v) is 2.64. The standard InChI is InChI=1S/C15H19F3N6O/c1-9-11(7-24(23-9)14(4-5-14)8-25-3)21-13-20-6-10(15(16,17)18)12(19-2)22-13/h6-7H,4-5,8H2,1-3H3,(H2,19,20,21,22). The van der Waals surface area contributed by atoms with Gasteiger partial charge in [-0.3, -0.25) is 4.68 Å². The molecule has 0 aromatic carbocycles. The predicted molar refractivity (Wildman–Crippen MR) is 85.9 cm³/mol. The van der Waals surface area contributed by atoms with Gasteiger partial charge in [0.1, 0.15) is 11.4 Å². The Morgan fingerprint density at radius 2 is 2.08 bits per heavy atom. The molecule has 7 nitrogen and oxygen atoms in total. The average Bonchev–Trinajstić information content (AvgIpc) is 3.24. The molecule has 1 fully saturated rings. The number of ether oxygens (including phenoxy) is 1. The topological polar surface area (TPSA) is 76.9 Å². The molecule has 1 aliphatic carbocycles. The smallest absolute Gasteiger partial charge is 0.382 e. The lowest BCUT2D eigenvalue weighted by atomic mass is 10.3. The van der Waals surface area contributed by atoms with Crippen molar-refractivity contribution in [1.82, 2.24) is 19.7 Å². The molecule has 0 amide bonds. The Morgan fingerprint density at radius 3 is 2.64 bits per heavy atom. The van der Waals surface area contributed by atoms with Crippen LogP contribution in [0.4, 0.5) is 30.6 Å². The second kappa shape index (κ2) is 6.17. The van der Waals surface area contributed by atoms with Crippen LogP contribution in [0.1, 0.15) is 24.1 Å². The zero-order valence-electron chi connectivity index (χ0n) is 14.1. The number of alkyl halides is 3. The Kier molecular flexibility index (Phi) is 4.31. The lowest BCUT2D eigenvalue weighted by Gasteiger charge is -2.14. The lowest BCUT2D eigenvalue weighted by Crippen LogP contribution is -2.23. The molecule has 2 aromatic heterocycles. The number of methoxy groups -OCH3 is 1. The molecular formula is C15H19F3N6O. The van der Waals surface area contributed by atoms with Crippen LogP contribution >= 0.6 is 0 Å². The summed E-state index contributed by atoms with van der Waals surface area (Å²) < 4.78 is 45.8. The fraction of sp³-hybridized carbons (Fsp3) is 0.533. The number of hydrogen-bond donors (Lipinski definition) is 2. The van der Waals surface area contributed by atoms with Crippen molar-refractivity contribution in [3.8, 4) is 0 Å². The zero-order chi connectivity index (χ0) is 18.2. The highest BCUT2D eigenvalue weighted by Gasteiger charge is 2.46. The first kappa shape index (κ1) is 17.5. The Balaban J connectivity index is 1.85. The quantitative estimate of drug-likeness (QED) is 0.829. The van der Waals surface area contributed by atoms with Crippen LogP contribution in [-0.4, -0.2) is 40.5 Å². The largest absolute Gasteiger partial charge is 0.421 e. The van der Waals surface area contributed by atoms with Crippen LogP contribution in [-0.2, 0) is 16.5 Å². The van der Waals surface area contributed by atoms with E-state index in [-0.39, 0.29) is 17.3 Å². The molecule has 2 heterocycles. The summed E-state index contributed by atoms with van der Waals surface area (Å²) in [6, 6.07) is 0. The summed E-state index contributed by atoms with van der Waals surface area (Å²) in [5.74, 6) is -0.218. The van der Waals surface area contributed by atoms with E-state index in [4.69, 9.17) is 4.74 Å². The molecule has 2 N–H and O–H groups in total. The lowest BCUT2D eigenvalue weighted by molar-refractivity contribution is -0.137. The van der Waals surface area contributed by atoms with Gasteiger partial charge in [-0.1, -0.05) is 0 Å². The Bertz CT molecular complexity index is 769. The molecule has 25 heavy (non-hydrogen) atoms. The number of halogens is 3. The third kappa shape index (κ3) is 3.39. The molecular weight excluding hydrogens is 337 g/mol. The summed E-state index contributed by atoms with van der Waals surface area (Å²) in [6.45, 7) is 2.37. The van der Waals surface area contributed by atoms with Crippen LogP contribution in [0.15, 0.2) is 12.4 Å². The van der Waals surface area contributed by atoms with Gasteiger partial charge in [0.05, 0.1) is 23.5 Å². The molecule has 3 rings (SSSR count). The van der Waals surface area contributed by atoms with E-state index in [1.165, 1.54) is 7.05 Å². The third-order valence-corrected chi connectivity index (χ3v) is 4.20. The van der Waals surface area contributed by atoms with Gasteiger partial charge in [0, 0.05) is 26.6 Å². The minimum Gasteiger partial charge on any atom is -0.382 e. The molecule has 1 saturated carbocycles. The molecule has 0 unspecified atom stereocenters. The van der Waals surface area contributed by atoms with Gasteiger partial charge in [-0.05, 0) is 19.8 Å². The first-order valence-corrected chi connectivity index (χ1v) is 7.74. The van der Waals surface area contributed by atoms with Crippen molar-refractivity contribution in [2.75, 3.05) is 31.4 Å². The molecule has 1 aliphatic rings. The average molecular weight is 356 g/mol. The minimum absolute atomic E-state index is 0.0663. The van der Waals surface area contributed by atoms with Crippen molar-refractivity contribution in [2.45, 2.75) is 31.5 Å². The molecule has 136 valence electrons. The highest BCUT2D eigenvalue weighted by molar-refractivity contribution is 5.58. The third-order valence-electron chi connectivity index (χ3n) is 4.20.